The Kier molecular flexibility index (Phi) is 8.76. The van der Waals surface area contributed by atoms with Crippen LogP contribution in [0, 0.1) is 31.6 Å². The summed E-state index contributed by atoms with van der Waals surface area (Å²) in [6.07, 6.45) is 2.54. The molecule has 0 fully saturated rings. The molecule has 35 heavy (non-hydrogen) atoms. The van der Waals surface area contributed by atoms with Crippen molar-refractivity contribution in [2.24, 2.45) is 17.8 Å². The fourth-order valence-electron chi connectivity index (χ4n) is 5.07. The maximum atomic E-state index is 13.1. The lowest BCUT2D eigenvalue weighted by molar-refractivity contribution is -0.130. The SMILES string of the molecule is CC(=O)CC(=O)C(CO)C(CCO)CC1CC(=O)c2c(O)cccc2/C1=C\c1ccc(C)c(C)c1. The van der Waals surface area contributed by atoms with Crippen LogP contribution in [0.3, 0.4) is 0 Å². The number of allylic oxidation sites excluding steroid dienone is 1. The normalized spacial score (nSPS) is 18.3. The van der Waals surface area contributed by atoms with Gasteiger partial charge in [-0.25, -0.2) is 0 Å². The number of rotatable bonds is 10. The Morgan fingerprint density at radius 3 is 2.49 bits per heavy atom. The highest BCUT2D eigenvalue weighted by molar-refractivity contribution is 6.08. The van der Waals surface area contributed by atoms with Gasteiger partial charge in [0.05, 0.1) is 18.6 Å². The summed E-state index contributed by atoms with van der Waals surface area (Å²) in [5.74, 6) is -2.35. The number of benzene rings is 2. The van der Waals surface area contributed by atoms with E-state index in [1.54, 1.807) is 6.07 Å². The topological polar surface area (TPSA) is 112 Å². The summed E-state index contributed by atoms with van der Waals surface area (Å²) >= 11 is 0. The number of ketones is 3. The third-order valence-electron chi connectivity index (χ3n) is 7.05. The van der Waals surface area contributed by atoms with Crippen molar-refractivity contribution in [2.45, 2.75) is 46.5 Å². The molecule has 3 unspecified atom stereocenters. The molecule has 6 nitrogen and oxygen atoms in total. The summed E-state index contributed by atoms with van der Waals surface area (Å²) in [5, 5.41) is 30.2. The number of Topliss-reactive ketones (excluding diaryl/α,β-unsaturated/α-hetero) is 3. The Bertz CT molecular complexity index is 1150. The molecule has 0 aliphatic heterocycles. The van der Waals surface area contributed by atoms with Gasteiger partial charge in [-0.05, 0) is 79.3 Å². The summed E-state index contributed by atoms with van der Waals surface area (Å²) in [6, 6.07) is 11.1. The molecule has 1 aliphatic rings. The minimum Gasteiger partial charge on any atom is -0.507 e. The number of hydrogen-bond acceptors (Lipinski definition) is 6. The van der Waals surface area contributed by atoms with Crippen LogP contribution in [0.4, 0.5) is 0 Å². The van der Waals surface area contributed by atoms with E-state index < -0.39 is 18.4 Å². The molecule has 1 aliphatic carbocycles. The number of phenolic OH excluding ortho intramolecular Hbond substituents is 1. The van der Waals surface area contributed by atoms with Crippen molar-refractivity contribution < 1.29 is 29.7 Å². The highest BCUT2D eigenvalue weighted by atomic mass is 16.3. The van der Waals surface area contributed by atoms with E-state index in [-0.39, 0.29) is 54.9 Å². The Labute approximate surface area is 206 Å². The van der Waals surface area contributed by atoms with Crippen LogP contribution in [0.15, 0.2) is 36.4 Å². The number of aliphatic hydroxyl groups excluding tert-OH is 2. The molecule has 2 aromatic rings. The molecule has 0 heterocycles. The first kappa shape index (κ1) is 26.5. The predicted octanol–water partition coefficient (Wildman–Crippen LogP) is 4.30. The van der Waals surface area contributed by atoms with E-state index in [0.717, 1.165) is 16.7 Å². The minimum atomic E-state index is -0.797. The molecule has 0 spiro atoms. The van der Waals surface area contributed by atoms with Crippen molar-refractivity contribution in [1.29, 1.82) is 0 Å². The monoisotopic (exact) mass is 478 g/mol. The fourth-order valence-corrected chi connectivity index (χ4v) is 5.07. The van der Waals surface area contributed by atoms with Gasteiger partial charge in [-0.2, -0.15) is 0 Å². The van der Waals surface area contributed by atoms with Crippen LogP contribution in [0.5, 0.6) is 5.75 Å². The zero-order valence-electron chi connectivity index (χ0n) is 20.6. The molecular weight excluding hydrogens is 444 g/mol. The zero-order valence-corrected chi connectivity index (χ0v) is 20.6. The van der Waals surface area contributed by atoms with Crippen LogP contribution in [-0.4, -0.2) is 45.9 Å². The molecule has 0 radical (unpaired) electrons. The number of fused-ring (bicyclic) bond motifs is 1. The average Bonchev–Trinajstić information content (AvgIpc) is 2.78. The van der Waals surface area contributed by atoms with Gasteiger partial charge < -0.3 is 15.3 Å². The van der Waals surface area contributed by atoms with E-state index in [1.807, 2.05) is 38.1 Å². The lowest BCUT2D eigenvalue weighted by atomic mass is 9.71. The maximum absolute atomic E-state index is 13.1. The zero-order chi connectivity index (χ0) is 25.7. The van der Waals surface area contributed by atoms with Gasteiger partial charge in [-0.3, -0.25) is 14.4 Å². The van der Waals surface area contributed by atoms with Crippen LogP contribution in [0.1, 0.15) is 65.2 Å². The number of aryl methyl sites for hydroxylation is 2. The van der Waals surface area contributed by atoms with Crippen LogP contribution < -0.4 is 0 Å². The van der Waals surface area contributed by atoms with Crippen LogP contribution in [-0.2, 0) is 9.59 Å². The largest absolute Gasteiger partial charge is 0.507 e. The Balaban J connectivity index is 2.07. The maximum Gasteiger partial charge on any atom is 0.167 e. The fraction of sp³-hybridized carbons (Fsp3) is 0.414. The molecule has 3 N–H and O–H groups in total. The molecule has 186 valence electrons. The summed E-state index contributed by atoms with van der Waals surface area (Å²) in [6.45, 7) is 4.80. The van der Waals surface area contributed by atoms with Gasteiger partial charge in [0, 0.05) is 18.9 Å². The smallest absolute Gasteiger partial charge is 0.167 e. The summed E-state index contributed by atoms with van der Waals surface area (Å²) in [4.78, 5) is 37.3. The molecule has 3 atom stereocenters. The van der Waals surface area contributed by atoms with E-state index >= 15 is 0 Å². The molecule has 6 heteroatoms. The lowest BCUT2D eigenvalue weighted by Crippen LogP contribution is -2.32. The first-order valence-electron chi connectivity index (χ1n) is 12.0. The third-order valence-corrected chi connectivity index (χ3v) is 7.05. The summed E-state index contributed by atoms with van der Waals surface area (Å²) in [5.41, 5.74) is 5.08. The van der Waals surface area contributed by atoms with Gasteiger partial charge in [0.25, 0.3) is 0 Å². The third kappa shape index (κ3) is 6.13. The van der Waals surface area contributed by atoms with E-state index in [2.05, 4.69) is 6.07 Å². The number of phenols is 1. The minimum absolute atomic E-state index is 0.0614. The van der Waals surface area contributed by atoms with E-state index in [9.17, 15) is 29.7 Å². The van der Waals surface area contributed by atoms with Crippen LogP contribution >= 0.6 is 0 Å². The molecule has 0 bridgehead atoms. The van der Waals surface area contributed by atoms with Crippen molar-refractivity contribution in [1.82, 2.24) is 0 Å². The van der Waals surface area contributed by atoms with E-state index in [0.29, 0.717) is 17.5 Å². The van der Waals surface area contributed by atoms with E-state index in [4.69, 9.17) is 0 Å². The Morgan fingerprint density at radius 1 is 1.11 bits per heavy atom. The van der Waals surface area contributed by atoms with Crippen LogP contribution in [0.2, 0.25) is 0 Å². The first-order valence-corrected chi connectivity index (χ1v) is 12.0. The standard InChI is InChI=1S/C29H34O6/c1-17-7-8-20(11-18(17)2)13-24-22(15-28(35)29-23(24)5-4-6-26(29)33)14-21(9-10-30)25(16-31)27(34)12-19(3)32/h4-8,11,13,21-22,25,30-31,33H,9-10,12,14-16H2,1-3H3/b24-13-. The quantitative estimate of drug-likeness (QED) is 0.439. The number of aromatic hydroxyl groups is 1. The Morgan fingerprint density at radius 2 is 1.86 bits per heavy atom. The summed E-state index contributed by atoms with van der Waals surface area (Å²) in [7, 11) is 0. The molecule has 0 saturated carbocycles. The van der Waals surface area contributed by atoms with Gasteiger partial charge in [0.1, 0.15) is 17.3 Å². The molecule has 0 aromatic heterocycles. The van der Waals surface area contributed by atoms with Gasteiger partial charge in [0.15, 0.2) is 5.78 Å². The first-order chi connectivity index (χ1) is 16.7. The predicted molar refractivity (Wildman–Crippen MR) is 135 cm³/mol. The van der Waals surface area contributed by atoms with Crippen molar-refractivity contribution in [2.75, 3.05) is 13.2 Å². The van der Waals surface area contributed by atoms with Gasteiger partial charge in [0.2, 0.25) is 0 Å². The number of hydrogen-bond donors (Lipinski definition) is 3. The average molecular weight is 479 g/mol. The van der Waals surface area contributed by atoms with E-state index in [1.165, 1.54) is 18.6 Å². The van der Waals surface area contributed by atoms with Gasteiger partial charge >= 0.3 is 0 Å². The van der Waals surface area contributed by atoms with Crippen molar-refractivity contribution in [3.8, 4) is 5.75 Å². The molecule has 0 saturated heterocycles. The number of carbonyl (C=O) groups is 3. The lowest BCUT2D eigenvalue weighted by Gasteiger charge is -2.33. The Hall–Kier alpha value is -3.09. The highest BCUT2D eigenvalue weighted by Crippen LogP contribution is 2.44. The van der Waals surface area contributed by atoms with Crippen molar-refractivity contribution in [3.05, 3.63) is 64.2 Å². The van der Waals surface area contributed by atoms with Crippen molar-refractivity contribution in [3.63, 3.8) is 0 Å². The highest BCUT2D eigenvalue weighted by Gasteiger charge is 2.36. The number of aliphatic hydroxyl groups is 2. The molecule has 0 amide bonds. The van der Waals surface area contributed by atoms with Gasteiger partial charge in [-0.15, -0.1) is 0 Å². The summed E-state index contributed by atoms with van der Waals surface area (Å²) < 4.78 is 0. The van der Waals surface area contributed by atoms with Crippen molar-refractivity contribution >= 4 is 29.0 Å². The molecule has 2 aromatic carbocycles. The van der Waals surface area contributed by atoms with Crippen LogP contribution in [0.25, 0.3) is 11.6 Å². The van der Waals surface area contributed by atoms with Gasteiger partial charge in [-0.1, -0.05) is 36.4 Å². The second kappa shape index (κ2) is 11.6. The number of carbonyl (C=O) groups excluding carboxylic acids is 3. The second-order valence-corrected chi connectivity index (χ2v) is 9.61. The molecule has 3 rings (SSSR count). The second-order valence-electron chi connectivity index (χ2n) is 9.61. The molecular formula is C29H34O6.